The van der Waals surface area contributed by atoms with Crippen LogP contribution >= 0.6 is 15.9 Å². The van der Waals surface area contributed by atoms with Crippen molar-refractivity contribution < 1.29 is 31.8 Å². The molecule has 1 N–H and O–H groups in total. The molecule has 2 aliphatic rings. The largest absolute Gasteiger partial charge is 0.496 e. The maximum atomic E-state index is 14.7. The number of piperidine rings is 2. The fourth-order valence-corrected chi connectivity index (χ4v) is 6.38. The summed E-state index contributed by atoms with van der Waals surface area (Å²) in [6, 6.07) is 10.8. The lowest BCUT2D eigenvalue weighted by molar-refractivity contribution is -0.212. The van der Waals surface area contributed by atoms with Gasteiger partial charge in [-0.25, -0.2) is 4.39 Å². The first kappa shape index (κ1) is 27.9. The number of benzene rings is 2. The van der Waals surface area contributed by atoms with Gasteiger partial charge in [-0.1, -0.05) is 24.3 Å². The molecule has 0 saturated carbocycles. The average Bonchev–Trinajstić information content (AvgIpc) is 2.88. The molecule has 1 unspecified atom stereocenters. The van der Waals surface area contributed by atoms with E-state index in [0.29, 0.717) is 12.8 Å². The Bertz CT molecular complexity index is 1120. The van der Waals surface area contributed by atoms with Gasteiger partial charge in [-0.05, 0) is 76.5 Å². The third-order valence-corrected chi connectivity index (χ3v) is 8.68. The molecule has 0 radical (unpaired) electrons. The highest BCUT2D eigenvalue weighted by Crippen LogP contribution is 2.51. The van der Waals surface area contributed by atoms with E-state index in [2.05, 4.69) is 21.2 Å². The molecule has 37 heavy (non-hydrogen) atoms. The van der Waals surface area contributed by atoms with Gasteiger partial charge in [0.25, 0.3) is 0 Å². The van der Waals surface area contributed by atoms with Crippen LogP contribution in [0.15, 0.2) is 46.9 Å². The second kappa shape index (κ2) is 10.9. The summed E-state index contributed by atoms with van der Waals surface area (Å²) in [6.07, 6.45) is -2.97. The van der Waals surface area contributed by atoms with Gasteiger partial charge >= 0.3 is 6.18 Å². The average molecular weight is 587 g/mol. The normalized spacial score (nSPS) is 21.5. The Balaban J connectivity index is 1.65. The molecule has 1 amide bonds. The number of hydrogen-bond donors (Lipinski definition) is 1. The summed E-state index contributed by atoms with van der Waals surface area (Å²) in [6.45, 7) is 1.01. The number of halogens is 5. The predicted octanol–water partition coefficient (Wildman–Crippen LogP) is 5.43. The number of likely N-dealkylation sites (tertiary alicyclic amines) is 1. The summed E-state index contributed by atoms with van der Waals surface area (Å²) in [5.41, 5.74) is -2.40. The number of rotatable bonds is 6. The SMILES string of the molecule is COC[C@](C(=O)N1CCC2(CCNCC2c2ccccc2OC)CC1)(c1ccc(F)c(Br)c1)C(F)(F)F. The Morgan fingerprint density at radius 2 is 1.84 bits per heavy atom. The summed E-state index contributed by atoms with van der Waals surface area (Å²) in [7, 11) is 2.76. The smallest absolute Gasteiger partial charge is 0.409 e. The molecular formula is C27H31BrF4N2O3. The lowest BCUT2D eigenvalue weighted by Crippen LogP contribution is -2.60. The zero-order chi connectivity index (χ0) is 26.8. The molecule has 4 rings (SSSR count). The number of carbonyl (C=O) groups excluding carboxylic acids is 1. The molecule has 10 heteroatoms. The molecule has 0 bridgehead atoms. The van der Waals surface area contributed by atoms with Crippen molar-refractivity contribution in [3.8, 4) is 5.75 Å². The molecule has 0 aromatic heterocycles. The number of alkyl halides is 3. The maximum absolute atomic E-state index is 14.7. The topological polar surface area (TPSA) is 50.8 Å². The number of hydrogen-bond acceptors (Lipinski definition) is 4. The fourth-order valence-electron chi connectivity index (χ4n) is 6.01. The van der Waals surface area contributed by atoms with E-state index in [0.717, 1.165) is 56.1 Å². The third-order valence-electron chi connectivity index (χ3n) is 8.07. The lowest BCUT2D eigenvalue weighted by Gasteiger charge is -2.51. The predicted molar refractivity (Wildman–Crippen MR) is 135 cm³/mol. The van der Waals surface area contributed by atoms with Gasteiger partial charge in [0.15, 0.2) is 5.41 Å². The van der Waals surface area contributed by atoms with Crippen LogP contribution in [-0.2, 0) is 14.9 Å². The highest BCUT2D eigenvalue weighted by molar-refractivity contribution is 9.10. The van der Waals surface area contributed by atoms with Crippen molar-refractivity contribution in [3.63, 3.8) is 0 Å². The second-order valence-electron chi connectivity index (χ2n) is 9.87. The van der Waals surface area contributed by atoms with Crippen LogP contribution in [-0.4, -0.2) is 64.0 Å². The van der Waals surface area contributed by atoms with E-state index in [-0.39, 0.29) is 34.5 Å². The highest BCUT2D eigenvalue weighted by Gasteiger charge is 2.63. The number of ether oxygens (including phenoxy) is 2. The Morgan fingerprint density at radius 1 is 1.14 bits per heavy atom. The zero-order valence-corrected chi connectivity index (χ0v) is 22.4. The number of carbonyl (C=O) groups is 1. The van der Waals surface area contributed by atoms with E-state index < -0.39 is 29.9 Å². The van der Waals surface area contributed by atoms with Crippen LogP contribution in [0, 0.1) is 11.2 Å². The van der Waals surface area contributed by atoms with Gasteiger partial charge in [-0.2, -0.15) is 13.2 Å². The van der Waals surface area contributed by atoms with Gasteiger partial charge in [0, 0.05) is 32.7 Å². The van der Waals surface area contributed by atoms with Crippen molar-refractivity contribution in [2.75, 3.05) is 47.0 Å². The van der Waals surface area contributed by atoms with Crippen molar-refractivity contribution >= 4 is 21.8 Å². The Kier molecular flexibility index (Phi) is 8.21. The molecule has 202 valence electrons. The van der Waals surface area contributed by atoms with E-state index in [1.165, 1.54) is 4.90 Å². The highest BCUT2D eigenvalue weighted by atomic mass is 79.9. The lowest BCUT2D eigenvalue weighted by atomic mass is 9.62. The first-order chi connectivity index (χ1) is 17.6. The zero-order valence-electron chi connectivity index (χ0n) is 20.8. The molecule has 0 aliphatic carbocycles. The molecule has 5 nitrogen and oxygen atoms in total. The van der Waals surface area contributed by atoms with Gasteiger partial charge in [-0.15, -0.1) is 0 Å². The van der Waals surface area contributed by atoms with Crippen molar-refractivity contribution in [1.82, 2.24) is 10.2 Å². The van der Waals surface area contributed by atoms with Crippen LogP contribution in [0.25, 0.3) is 0 Å². The molecular weight excluding hydrogens is 556 g/mol. The quantitative estimate of drug-likeness (QED) is 0.459. The number of methoxy groups -OCH3 is 2. The van der Waals surface area contributed by atoms with Crippen molar-refractivity contribution in [2.45, 2.75) is 36.8 Å². The summed E-state index contributed by atoms with van der Waals surface area (Å²) in [5, 5.41) is 3.45. The van der Waals surface area contributed by atoms with Crippen LogP contribution in [0.1, 0.15) is 36.3 Å². The van der Waals surface area contributed by atoms with Crippen molar-refractivity contribution in [1.29, 1.82) is 0 Å². The van der Waals surface area contributed by atoms with Gasteiger partial charge in [0.05, 0.1) is 18.2 Å². The molecule has 1 spiro atoms. The molecule has 2 atom stereocenters. The van der Waals surface area contributed by atoms with E-state index in [1.807, 2.05) is 24.3 Å². The molecule has 2 heterocycles. The summed E-state index contributed by atoms with van der Waals surface area (Å²) in [4.78, 5) is 15.1. The van der Waals surface area contributed by atoms with Gasteiger partial charge in [0.1, 0.15) is 11.6 Å². The second-order valence-corrected chi connectivity index (χ2v) is 10.7. The number of nitrogens with zero attached hydrogens (tertiary/aromatic N) is 1. The summed E-state index contributed by atoms with van der Waals surface area (Å²) >= 11 is 2.97. The Morgan fingerprint density at radius 3 is 2.46 bits per heavy atom. The molecule has 2 aliphatic heterocycles. The minimum Gasteiger partial charge on any atom is -0.496 e. The maximum Gasteiger partial charge on any atom is 0.409 e. The Hall–Kier alpha value is -2.17. The summed E-state index contributed by atoms with van der Waals surface area (Å²) < 4.78 is 68.6. The molecule has 2 saturated heterocycles. The van der Waals surface area contributed by atoms with E-state index >= 15 is 0 Å². The minimum absolute atomic E-state index is 0.106. The van der Waals surface area contributed by atoms with Gasteiger partial charge in [0.2, 0.25) is 5.91 Å². The monoisotopic (exact) mass is 586 g/mol. The number of amides is 1. The van der Waals surface area contributed by atoms with Gasteiger partial charge in [-0.3, -0.25) is 4.79 Å². The van der Waals surface area contributed by atoms with E-state index in [4.69, 9.17) is 9.47 Å². The third kappa shape index (κ3) is 5.00. The Labute approximate surface area is 222 Å². The summed E-state index contributed by atoms with van der Waals surface area (Å²) in [5.74, 6) is -0.892. The number of nitrogens with one attached hydrogen (secondary N) is 1. The molecule has 2 aromatic carbocycles. The fraction of sp³-hybridized carbons (Fsp3) is 0.519. The van der Waals surface area contributed by atoms with Crippen LogP contribution < -0.4 is 10.1 Å². The minimum atomic E-state index is -4.96. The standard InChI is InChI=1S/C27H31BrF4N2O3/c1-36-17-26(27(30,31)32,18-7-8-22(29)21(28)15-18)24(35)34-13-10-25(11-14-34)9-12-33-16-20(25)19-5-3-4-6-23(19)37-2/h3-8,15,20,33H,9-14,16-17H2,1-2H3/t20?,26-/m1/s1. The van der Waals surface area contributed by atoms with Crippen LogP contribution in [0.5, 0.6) is 5.75 Å². The molecule has 2 aromatic rings. The van der Waals surface area contributed by atoms with Crippen LogP contribution in [0.4, 0.5) is 17.6 Å². The van der Waals surface area contributed by atoms with E-state index in [1.54, 1.807) is 7.11 Å². The van der Waals surface area contributed by atoms with Crippen LogP contribution in [0.3, 0.4) is 0 Å². The van der Waals surface area contributed by atoms with Crippen LogP contribution in [0.2, 0.25) is 0 Å². The van der Waals surface area contributed by atoms with Crippen molar-refractivity contribution in [3.05, 3.63) is 63.9 Å². The first-order valence-electron chi connectivity index (χ1n) is 12.2. The van der Waals surface area contributed by atoms with Crippen molar-refractivity contribution in [2.24, 2.45) is 5.41 Å². The van der Waals surface area contributed by atoms with Gasteiger partial charge < -0.3 is 19.7 Å². The number of para-hydroxylation sites is 1. The molecule has 2 fully saturated rings. The van der Waals surface area contributed by atoms with E-state index in [9.17, 15) is 22.4 Å². The first-order valence-corrected chi connectivity index (χ1v) is 13.0.